The summed E-state index contributed by atoms with van der Waals surface area (Å²) in [7, 11) is 0. The summed E-state index contributed by atoms with van der Waals surface area (Å²) in [4.78, 5) is 33.2. The molecule has 3 aliphatic rings. The van der Waals surface area contributed by atoms with Crippen LogP contribution in [0.15, 0.2) is 5.38 Å². The molecule has 3 heterocycles. The van der Waals surface area contributed by atoms with Crippen LogP contribution < -0.4 is 0 Å². The highest BCUT2D eigenvalue weighted by Crippen LogP contribution is 2.59. The summed E-state index contributed by atoms with van der Waals surface area (Å²) < 4.78 is 5.31. The first-order chi connectivity index (χ1) is 11.1. The maximum absolute atomic E-state index is 12.6. The molecule has 2 aliphatic heterocycles. The molecule has 2 amide bonds. The van der Waals surface area contributed by atoms with Crippen LogP contribution in [0.1, 0.15) is 28.3 Å². The Hall–Kier alpha value is -1.47. The zero-order chi connectivity index (χ0) is 16.0. The average molecular weight is 335 g/mol. The van der Waals surface area contributed by atoms with Crippen molar-refractivity contribution < 1.29 is 14.3 Å². The third kappa shape index (κ3) is 2.65. The van der Waals surface area contributed by atoms with Gasteiger partial charge in [0.25, 0.3) is 5.91 Å². The normalized spacial score (nSPS) is 30.0. The van der Waals surface area contributed by atoms with Crippen LogP contribution in [0.2, 0.25) is 0 Å². The lowest BCUT2D eigenvalue weighted by Crippen LogP contribution is -2.42. The summed E-state index contributed by atoms with van der Waals surface area (Å²) in [5.74, 6) is 0.360. The van der Waals surface area contributed by atoms with E-state index in [-0.39, 0.29) is 23.1 Å². The van der Waals surface area contributed by atoms with Gasteiger partial charge in [0.05, 0.1) is 18.2 Å². The van der Waals surface area contributed by atoms with Gasteiger partial charge in [-0.15, -0.1) is 11.3 Å². The van der Waals surface area contributed by atoms with Crippen molar-refractivity contribution in [2.24, 2.45) is 11.3 Å². The van der Waals surface area contributed by atoms with E-state index in [1.165, 1.54) is 11.3 Å². The summed E-state index contributed by atoms with van der Waals surface area (Å²) in [5.41, 5.74) is 0.567. The number of nitrogens with zero attached hydrogens (tertiary/aromatic N) is 3. The average Bonchev–Trinajstić information content (AvgIpc) is 2.89. The van der Waals surface area contributed by atoms with Crippen molar-refractivity contribution in [3.8, 4) is 0 Å². The van der Waals surface area contributed by atoms with Crippen molar-refractivity contribution in [2.45, 2.75) is 19.8 Å². The molecule has 2 saturated heterocycles. The van der Waals surface area contributed by atoms with E-state index in [2.05, 4.69) is 4.98 Å². The summed E-state index contributed by atoms with van der Waals surface area (Å²) in [5, 5.41) is 2.74. The predicted octanol–water partition coefficient (Wildman–Crippen LogP) is 1.16. The first-order valence-corrected chi connectivity index (χ1v) is 9.05. The first kappa shape index (κ1) is 15.1. The van der Waals surface area contributed by atoms with Crippen LogP contribution in [0.3, 0.4) is 0 Å². The Morgan fingerprint density at radius 3 is 2.78 bits per heavy atom. The van der Waals surface area contributed by atoms with E-state index in [1.807, 2.05) is 22.1 Å². The minimum Gasteiger partial charge on any atom is -0.378 e. The molecule has 23 heavy (non-hydrogen) atoms. The second-order valence-corrected chi connectivity index (χ2v) is 7.85. The van der Waals surface area contributed by atoms with Gasteiger partial charge >= 0.3 is 0 Å². The number of likely N-dealkylation sites (tertiary alicyclic amines) is 1. The smallest absolute Gasteiger partial charge is 0.273 e. The molecular weight excluding hydrogens is 314 g/mol. The molecule has 1 aromatic heterocycles. The van der Waals surface area contributed by atoms with E-state index in [1.54, 1.807) is 0 Å². The van der Waals surface area contributed by atoms with Crippen LogP contribution >= 0.6 is 11.3 Å². The fourth-order valence-corrected chi connectivity index (χ4v) is 4.43. The summed E-state index contributed by atoms with van der Waals surface area (Å²) >= 11 is 1.50. The Morgan fingerprint density at radius 2 is 2.09 bits per heavy atom. The number of carbonyl (C=O) groups excluding carboxylic acids is 2. The van der Waals surface area contributed by atoms with Gasteiger partial charge in [-0.05, 0) is 19.8 Å². The predicted molar refractivity (Wildman–Crippen MR) is 85.3 cm³/mol. The molecular formula is C16H21N3O3S. The van der Waals surface area contributed by atoms with Crippen LogP contribution in [-0.2, 0) is 9.53 Å². The standard InChI is InChI=1S/C16H21N3O3S/c1-11-17-13(9-23-11)15(21)19-3-2-16(10-19)8-12(16)14(20)18-4-6-22-7-5-18/h9,12H,2-8,10H2,1H3. The second kappa shape index (κ2) is 5.56. The fraction of sp³-hybridized carbons (Fsp3) is 0.688. The number of rotatable bonds is 2. The van der Waals surface area contributed by atoms with E-state index >= 15 is 0 Å². The van der Waals surface area contributed by atoms with Crippen molar-refractivity contribution >= 4 is 23.2 Å². The number of thiazole rings is 1. The van der Waals surface area contributed by atoms with Crippen molar-refractivity contribution in [1.29, 1.82) is 0 Å². The maximum Gasteiger partial charge on any atom is 0.273 e. The zero-order valence-corrected chi connectivity index (χ0v) is 14.1. The number of hydrogen-bond acceptors (Lipinski definition) is 5. The van der Waals surface area contributed by atoms with Crippen LogP contribution in [0.25, 0.3) is 0 Å². The molecule has 0 aromatic carbocycles. The van der Waals surface area contributed by atoms with Gasteiger partial charge in [-0.1, -0.05) is 0 Å². The van der Waals surface area contributed by atoms with E-state index in [9.17, 15) is 9.59 Å². The molecule has 4 rings (SSSR count). The number of ether oxygens (including phenoxy) is 1. The molecule has 6 nitrogen and oxygen atoms in total. The van der Waals surface area contributed by atoms with Gasteiger partial charge in [0.2, 0.25) is 5.91 Å². The lowest BCUT2D eigenvalue weighted by molar-refractivity contribution is -0.137. The number of hydrogen-bond donors (Lipinski definition) is 0. The third-order valence-electron chi connectivity index (χ3n) is 5.32. The number of morpholine rings is 1. The second-order valence-electron chi connectivity index (χ2n) is 6.79. The molecule has 1 aromatic rings. The molecule has 2 atom stereocenters. The van der Waals surface area contributed by atoms with Crippen LogP contribution in [0, 0.1) is 18.3 Å². The van der Waals surface area contributed by atoms with Crippen molar-refractivity contribution in [3.05, 3.63) is 16.1 Å². The zero-order valence-electron chi connectivity index (χ0n) is 13.3. The fourth-order valence-electron chi connectivity index (χ4n) is 3.84. The Labute approximate surface area is 139 Å². The quantitative estimate of drug-likeness (QED) is 0.814. The van der Waals surface area contributed by atoms with Crippen molar-refractivity contribution in [2.75, 3.05) is 39.4 Å². The molecule has 2 unspecified atom stereocenters. The number of aryl methyl sites for hydroxylation is 1. The molecule has 1 spiro atoms. The van der Waals surface area contributed by atoms with Gasteiger partial charge in [-0.2, -0.15) is 0 Å². The number of aromatic nitrogens is 1. The summed E-state index contributed by atoms with van der Waals surface area (Å²) in [6.07, 6.45) is 1.85. The van der Waals surface area contributed by atoms with E-state index in [4.69, 9.17) is 4.74 Å². The molecule has 0 N–H and O–H groups in total. The largest absolute Gasteiger partial charge is 0.378 e. The Morgan fingerprint density at radius 1 is 1.30 bits per heavy atom. The third-order valence-corrected chi connectivity index (χ3v) is 6.09. The molecule has 1 saturated carbocycles. The highest BCUT2D eigenvalue weighted by molar-refractivity contribution is 7.09. The number of carbonyl (C=O) groups is 2. The number of amides is 2. The van der Waals surface area contributed by atoms with E-state index < -0.39 is 0 Å². The van der Waals surface area contributed by atoms with Crippen LogP contribution in [0.4, 0.5) is 0 Å². The van der Waals surface area contributed by atoms with Crippen LogP contribution in [0.5, 0.6) is 0 Å². The molecule has 124 valence electrons. The maximum atomic E-state index is 12.6. The van der Waals surface area contributed by atoms with E-state index in [0.717, 1.165) is 24.4 Å². The minimum atomic E-state index is 0.00990. The van der Waals surface area contributed by atoms with Gasteiger partial charge in [0, 0.05) is 42.9 Å². The van der Waals surface area contributed by atoms with Gasteiger partial charge in [-0.3, -0.25) is 9.59 Å². The Kier molecular flexibility index (Phi) is 3.65. The van der Waals surface area contributed by atoms with Gasteiger partial charge in [0.1, 0.15) is 5.69 Å². The minimum absolute atomic E-state index is 0.00990. The molecule has 1 aliphatic carbocycles. The lowest BCUT2D eigenvalue weighted by Gasteiger charge is -2.27. The van der Waals surface area contributed by atoms with Gasteiger partial charge < -0.3 is 14.5 Å². The Balaban J connectivity index is 1.39. The summed E-state index contributed by atoms with van der Waals surface area (Å²) in [6.45, 7) is 6.02. The lowest BCUT2D eigenvalue weighted by atomic mass is 10.0. The summed E-state index contributed by atoms with van der Waals surface area (Å²) in [6, 6.07) is 0. The highest BCUT2D eigenvalue weighted by atomic mass is 32.1. The molecule has 7 heteroatoms. The molecule has 0 bridgehead atoms. The molecule has 0 radical (unpaired) electrons. The van der Waals surface area contributed by atoms with Crippen LogP contribution in [-0.4, -0.2) is 66.0 Å². The SMILES string of the molecule is Cc1nc(C(=O)N2CCC3(CC3C(=O)N3CCOCC3)C2)cs1. The first-order valence-electron chi connectivity index (χ1n) is 8.17. The van der Waals surface area contributed by atoms with E-state index in [0.29, 0.717) is 38.5 Å². The van der Waals surface area contributed by atoms with Gasteiger partial charge in [-0.25, -0.2) is 4.98 Å². The van der Waals surface area contributed by atoms with Crippen molar-refractivity contribution in [1.82, 2.24) is 14.8 Å². The van der Waals surface area contributed by atoms with Gasteiger partial charge in [0.15, 0.2) is 0 Å². The monoisotopic (exact) mass is 335 g/mol. The molecule has 3 fully saturated rings. The highest BCUT2D eigenvalue weighted by Gasteiger charge is 2.62. The Bertz CT molecular complexity index is 640. The topological polar surface area (TPSA) is 62.7 Å². The van der Waals surface area contributed by atoms with Crippen molar-refractivity contribution in [3.63, 3.8) is 0 Å².